The van der Waals surface area contributed by atoms with Gasteiger partial charge in [-0.3, -0.25) is 0 Å². The number of fused-ring (bicyclic) bond motifs is 1. The number of hydrogen-bond donors (Lipinski definition) is 1. The smallest absolute Gasteiger partial charge is 0.222 e. The number of nitrogens with one attached hydrogen (secondary N) is 1. The molecule has 1 N–H and O–H groups in total. The molecule has 1 aromatic heterocycles. The number of aromatic nitrogens is 2. The van der Waals surface area contributed by atoms with Gasteiger partial charge in [-0.15, -0.1) is 0 Å². The van der Waals surface area contributed by atoms with Crippen LogP contribution in [0.5, 0.6) is 0 Å². The lowest BCUT2D eigenvalue weighted by Crippen LogP contribution is -2.60. The summed E-state index contributed by atoms with van der Waals surface area (Å²) < 4.78 is 0. The largest absolute Gasteiger partial charge is 0.357 e. The van der Waals surface area contributed by atoms with Crippen LogP contribution in [0.25, 0.3) is 15.8 Å². The molecule has 148 valence electrons. The summed E-state index contributed by atoms with van der Waals surface area (Å²) in [6.07, 6.45) is 7.33. The lowest BCUT2D eigenvalue weighted by Gasteiger charge is -2.57. The van der Waals surface area contributed by atoms with Gasteiger partial charge in [0.1, 0.15) is 6.29 Å². The number of carbonyl (C=O) groups is 1. The van der Waals surface area contributed by atoms with Gasteiger partial charge in [0.2, 0.25) is 5.95 Å². The van der Waals surface area contributed by atoms with Gasteiger partial charge in [0.25, 0.3) is 0 Å². The summed E-state index contributed by atoms with van der Waals surface area (Å²) >= 11 is 1.61. The van der Waals surface area contributed by atoms with E-state index in [0.717, 1.165) is 35.6 Å². The molecule has 0 amide bonds. The highest BCUT2D eigenvalue weighted by Gasteiger charge is 2.50. The zero-order chi connectivity index (χ0) is 20.1. The van der Waals surface area contributed by atoms with Crippen LogP contribution in [-0.4, -0.2) is 48.3 Å². The van der Waals surface area contributed by atoms with Crippen LogP contribution in [0.1, 0.15) is 25.3 Å². The Morgan fingerprint density at radius 3 is 2.71 bits per heavy atom. The van der Waals surface area contributed by atoms with Gasteiger partial charge in [-0.2, -0.15) is 0 Å². The zero-order valence-electron chi connectivity index (χ0n) is 16.8. The second kappa shape index (κ2) is 8.88. The fraction of sp³-hybridized carbons (Fsp3) is 0.409. The topological polar surface area (TPSA) is 58.1 Å². The molecule has 0 radical (unpaired) electrons. The number of hydrogen-bond acceptors (Lipinski definition) is 6. The number of rotatable bonds is 5. The minimum Gasteiger partial charge on any atom is -0.357 e. The Bertz CT molecular complexity index is 881. The van der Waals surface area contributed by atoms with E-state index in [0.29, 0.717) is 17.3 Å². The minimum atomic E-state index is 0.397. The Kier molecular flexibility index (Phi) is 6.52. The number of carbonyl (C=O) groups excluding carboxylic acids is 1. The van der Waals surface area contributed by atoms with Gasteiger partial charge in [-0.1, -0.05) is 36.5 Å². The van der Waals surface area contributed by atoms with Gasteiger partial charge < -0.3 is 15.0 Å². The molecule has 0 atom stereocenters. The molecule has 1 aliphatic carbocycles. The molecular weight excluding hydrogens is 368 g/mol. The number of benzene rings is 1. The third kappa shape index (κ3) is 4.45. The number of thioether (sulfide) groups is 1. The van der Waals surface area contributed by atoms with E-state index in [9.17, 15) is 4.79 Å². The summed E-state index contributed by atoms with van der Waals surface area (Å²) in [7, 11) is 3.95. The Morgan fingerprint density at radius 2 is 2.14 bits per heavy atom. The number of aldehydes is 1. The van der Waals surface area contributed by atoms with Crippen molar-refractivity contribution in [2.24, 2.45) is 11.3 Å². The van der Waals surface area contributed by atoms with Crippen molar-refractivity contribution in [1.82, 2.24) is 14.9 Å². The summed E-state index contributed by atoms with van der Waals surface area (Å²) in [4.78, 5) is 22.4. The Balaban J connectivity index is 0.000000188. The normalized spacial score (nSPS) is 18.6. The van der Waals surface area contributed by atoms with E-state index in [1.54, 1.807) is 11.8 Å². The van der Waals surface area contributed by atoms with Crippen LogP contribution in [0.4, 0.5) is 5.95 Å². The lowest BCUT2D eigenvalue weighted by atomic mass is 9.58. The molecule has 2 fully saturated rings. The molecule has 1 aliphatic heterocycles. The van der Waals surface area contributed by atoms with Crippen LogP contribution in [0.3, 0.4) is 0 Å². The average molecular weight is 397 g/mol. The predicted molar refractivity (Wildman–Crippen MR) is 119 cm³/mol. The number of anilines is 1. The second-order valence-corrected chi connectivity index (χ2v) is 8.64. The highest BCUT2D eigenvalue weighted by Crippen LogP contribution is 2.50. The molecule has 4 rings (SSSR count). The molecule has 1 saturated heterocycles. The van der Waals surface area contributed by atoms with Crippen molar-refractivity contribution in [3.63, 3.8) is 0 Å². The molecular formula is C22H28N4OS. The fourth-order valence-electron chi connectivity index (χ4n) is 4.20. The van der Waals surface area contributed by atoms with Crippen LogP contribution >= 0.6 is 11.8 Å². The molecule has 2 aliphatic rings. The Morgan fingerprint density at radius 1 is 1.39 bits per heavy atom. The van der Waals surface area contributed by atoms with Gasteiger partial charge in [0, 0.05) is 42.5 Å². The zero-order valence-corrected chi connectivity index (χ0v) is 17.6. The molecule has 1 saturated carbocycles. The quantitative estimate of drug-likeness (QED) is 0.754. The standard InChI is InChI=1S/C14H15N3S.C8H13NO/c1-4-13(18-5-2)10-6-7-11-9-16-14(15-3)17-12(11)8-10;1-9-5-8(6-9)2-7(3-8)4-10/h4-9H,2H2,1,3H3,(H,15,16,17);4,7H,2-3,5-6H2,1H3/b13-4-;. The maximum atomic E-state index is 10.3. The Hall–Kier alpha value is -2.18. The third-order valence-corrected chi connectivity index (χ3v) is 6.25. The summed E-state index contributed by atoms with van der Waals surface area (Å²) in [5.41, 5.74) is 2.67. The van der Waals surface area contributed by atoms with Crippen molar-refractivity contribution in [1.29, 1.82) is 0 Å². The van der Waals surface area contributed by atoms with Crippen LogP contribution < -0.4 is 5.32 Å². The number of nitrogens with zero attached hydrogens (tertiary/aromatic N) is 3. The summed E-state index contributed by atoms with van der Waals surface area (Å²) in [6, 6.07) is 6.19. The van der Waals surface area contributed by atoms with Crippen LogP contribution in [0.2, 0.25) is 0 Å². The van der Waals surface area contributed by atoms with Gasteiger partial charge in [-0.05, 0) is 49.3 Å². The summed E-state index contributed by atoms with van der Waals surface area (Å²) in [5, 5.41) is 5.82. The predicted octanol–water partition coefficient (Wildman–Crippen LogP) is 4.44. The molecule has 0 unspecified atom stereocenters. The van der Waals surface area contributed by atoms with E-state index in [1.165, 1.54) is 18.0 Å². The van der Waals surface area contributed by atoms with Gasteiger partial charge in [0.05, 0.1) is 5.52 Å². The first-order chi connectivity index (χ1) is 13.5. The third-order valence-electron chi connectivity index (χ3n) is 5.36. The molecule has 1 spiro atoms. The molecule has 1 aromatic carbocycles. The van der Waals surface area contributed by atoms with Gasteiger partial charge in [-0.25, -0.2) is 9.97 Å². The molecule has 2 heterocycles. The van der Waals surface area contributed by atoms with E-state index >= 15 is 0 Å². The summed E-state index contributed by atoms with van der Waals surface area (Å²) in [5.74, 6) is 1.03. The highest BCUT2D eigenvalue weighted by atomic mass is 32.2. The van der Waals surface area contributed by atoms with Crippen molar-refractivity contribution in [2.75, 3.05) is 32.5 Å². The molecule has 28 heavy (non-hydrogen) atoms. The van der Waals surface area contributed by atoms with E-state index in [-0.39, 0.29) is 0 Å². The number of allylic oxidation sites excluding steroid dienone is 1. The molecule has 5 nitrogen and oxygen atoms in total. The first-order valence-electron chi connectivity index (χ1n) is 9.55. The van der Waals surface area contributed by atoms with E-state index in [4.69, 9.17) is 0 Å². The summed E-state index contributed by atoms with van der Waals surface area (Å²) in [6.45, 7) is 8.21. The van der Waals surface area contributed by atoms with Gasteiger partial charge in [0.15, 0.2) is 0 Å². The minimum absolute atomic E-state index is 0.397. The maximum Gasteiger partial charge on any atom is 0.222 e. The fourth-order valence-corrected chi connectivity index (χ4v) is 4.77. The maximum absolute atomic E-state index is 10.3. The average Bonchev–Trinajstić information content (AvgIpc) is 2.67. The van der Waals surface area contributed by atoms with E-state index in [1.807, 2.05) is 31.6 Å². The van der Waals surface area contributed by atoms with Gasteiger partial charge >= 0.3 is 0 Å². The second-order valence-electron chi connectivity index (χ2n) is 7.63. The van der Waals surface area contributed by atoms with Crippen LogP contribution in [-0.2, 0) is 4.79 Å². The van der Waals surface area contributed by atoms with Crippen molar-refractivity contribution in [2.45, 2.75) is 19.8 Å². The first-order valence-corrected chi connectivity index (χ1v) is 10.4. The van der Waals surface area contributed by atoms with Crippen molar-refractivity contribution in [3.05, 3.63) is 48.0 Å². The molecule has 0 bridgehead atoms. The highest BCUT2D eigenvalue weighted by molar-refractivity contribution is 8.10. The Labute approximate surface area is 171 Å². The van der Waals surface area contributed by atoms with Crippen LogP contribution in [0, 0.1) is 11.3 Å². The molecule has 6 heteroatoms. The number of likely N-dealkylation sites (tertiary alicyclic amines) is 1. The SMILES string of the molecule is C=CS/C(=C\C)c1ccc2cnc(NC)nc2c1.CN1CC2(CC(C=O)C2)C1. The van der Waals surface area contributed by atoms with E-state index in [2.05, 4.69) is 52.0 Å². The lowest BCUT2D eigenvalue weighted by molar-refractivity contribution is -0.128. The van der Waals surface area contributed by atoms with Crippen LogP contribution in [0.15, 0.2) is 42.5 Å². The van der Waals surface area contributed by atoms with E-state index < -0.39 is 0 Å². The first kappa shape index (κ1) is 20.6. The van der Waals surface area contributed by atoms with Crippen molar-refractivity contribution < 1.29 is 4.79 Å². The van der Waals surface area contributed by atoms with Crippen molar-refractivity contribution in [3.8, 4) is 0 Å². The monoisotopic (exact) mass is 396 g/mol. The van der Waals surface area contributed by atoms with Crippen molar-refractivity contribution >= 4 is 39.8 Å². The molecule has 2 aromatic rings.